The Bertz CT molecular complexity index is 319. The van der Waals surface area contributed by atoms with Gasteiger partial charge < -0.3 is 11.1 Å². The number of hydrogen-bond acceptors (Lipinski definition) is 2. The van der Waals surface area contributed by atoms with Crippen LogP contribution in [0.15, 0.2) is 18.2 Å². The average molecular weight is 194 g/mol. The van der Waals surface area contributed by atoms with Crippen LogP contribution in [0.4, 0.5) is 4.39 Å². The third-order valence-electron chi connectivity index (χ3n) is 2.68. The summed E-state index contributed by atoms with van der Waals surface area (Å²) in [6, 6.07) is 5.41. The summed E-state index contributed by atoms with van der Waals surface area (Å²) in [6.07, 6.45) is 2.26. The molecule has 0 saturated carbocycles. The van der Waals surface area contributed by atoms with Gasteiger partial charge >= 0.3 is 0 Å². The first-order valence-corrected chi connectivity index (χ1v) is 5.02. The van der Waals surface area contributed by atoms with Crippen LogP contribution in [-0.4, -0.2) is 6.54 Å². The second-order valence-electron chi connectivity index (χ2n) is 3.75. The van der Waals surface area contributed by atoms with Crippen molar-refractivity contribution < 1.29 is 4.39 Å². The van der Waals surface area contributed by atoms with E-state index in [0.29, 0.717) is 12.6 Å². The van der Waals surface area contributed by atoms with Crippen molar-refractivity contribution in [2.45, 2.75) is 25.4 Å². The molecule has 1 fully saturated rings. The smallest absolute Gasteiger partial charge is 0.123 e. The summed E-state index contributed by atoms with van der Waals surface area (Å²) in [5, 5.41) is 3.34. The number of halogens is 1. The molecule has 2 nitrogen and oxygen atoms in total. The van der Waals surface area contributed by atoms with Gasteiger partial charge in [-0.25, -0.2) is 4.39 Å². The minimum absolute atomic E-state index is 0.184. The van der Waals surface area contributed by atoms with E-state index in [1.165, 1.54) is 12.5 Å². The molecule has 2 rings (SSSR count). The van der Waals surface area contributed by atoms with Gasteiger partial charge in [0.05, 0.1) is 0 Å². The van der Waals surface area contributed by atoms with Gasteiger partial charge in [-0.3, -0.25) is 0 Å². The van der Waals surface area contributed by atoms with E-state index in [0.717, 1.165) is 24.1 Å². The highest BCUT2D eigenvalue weighted by atomic mass is 19.1. The summed E-state index contributed by atoms with van der Waals surface area (Å²) in [5.74, 6) is -0.184. The largest absolute Gasteiger partial charge is 0.326 e. The highest BCUT2D eigenvalue weighted by Gasteiger charge is 2.16. The standard InChI is InChI=1S/C11H15FN2/c12-10-5-8(7-13)4-9(6-10)11-2-1-3-14-11/h4-6,11,14H,1-3,7,13H2. The topological polar surface area (TPSA) is 38.0 Å². The molecule has 0 amide bonds. The zero-order valence-electron chi connectivity index (χ0n) is 8.09. The van der Waals surface area contributed by atoms with Crippen molar-refractivity contribution in [1.29, 1.82) is 0 Å². The Morgan fingerprint density at radius 3 is 2.93 bits per heavy atom. The van der Waals surface area contributed by atoms with Gasteiger partial charge in [0, 0.05) is 12.6 Å². The van der Waals surface area contributed by atoms with Gasteiger partial charge in [-0.05, 0) is 42.6 Å². The van der Waals surface area contributed by atoms with Crippen molar-refractivity contribution in [3.05, 3.63) is 35.1 Å². The SMILES string of the molecule is NCc1cc(F)cc(C2CCCN2)c1. The molecule has 0 bridgehead atoms. The van der Waals surface area contributed by atoms with Crippen LogP contribution in [-0.2, 0) is 6.54 Å². The Morgan fingerprint density at radius 2 is 2.29 bits per heavy atom. The minimum atomic E-state index is -0.184. The molecule has 0 radical (unpaired) electrons. The highest BCUT2D eigenvalue weighted by Crippen LogP contribution is 2.24. The van der Waals surface area contributed by atoms with Crippen molar-refractivity contribution in [2.75, 3.05) is 6.54 Å². The van der Waals surface area contributed by atoms with Crippen LogP contribution >= 0.6 is 0 Å². The van der Waals surface area contributed by atoms with Gasteiger partial charge in [0.25, 0.3) is 0 Å². The maximum absolute atomic E-state index is 13.2. The van der Waals surface area contributed by atoms with Crippen molar-refractivity contribution in [3.63, 3.8) is 0 Å². The maximum Gasteiger partial charge on any atom is 0.123 e. The lowest BCUT2D eigenvalue weighted by Gasteiger charge is -2.11. The van der Waals surface area contributed by atoms with Crippen LogP contribution in [0.1, 0.15) is 30.0 Å². The van der Waals surface area contributed by atoms with Crippen molar-refractivity contribution >= 4 is 0 Å². The summed E-state index contributed by atoms with van der Waals surface area (Å²) in [7, 11) is 0. The first-order valence-electron chi connectivity index (χ1n) is 5.02. The van der Waals surface area contributed by atoms with Gasteiger partial charge in [0.15, 0.2) is 0 Å². The fourth-order valence-corrected chi connectivity index (χ4v) is 1.96. The molecule has 1 atom stereocenters. The summed E-state index contributed by atoms with van der Waals surface area (Å²) in [5.41, 5.74) is 7.40. The molecule has 0 aromatic heterocycles. The summed E-state index contributed by atoms with van der Waals surface area (Å²) >= 11 is 0. The second kappa shape index (κ2) is 4.07. The van der Waals surface area contributed by atoms with Crippen molar-refractivity contribution in [3.8, 4) is 0 Å². The lowest BCUT2D eigenvalue weighted by molar-refractivity contribution is 0.604. The normalized spacial score (nSPS) is 21.4. The Hall–Kier alpha value is -0.930. The fraction of sp³-hybridized carbons (Fsp3) is 0.455. The van der Waals surface area contributed by atoms with Crippen molar-refractivity contribution in [1.82, 2.24) is 5.32 Å². The molecule has 1 saturated heterocycles. The molecule has 14 heavy (non-hydrogen) atoms. The predicted molar refractivity (Wildman–Crippen MR) is 54.3 cm³/mol. The van der Waals surface area contributed by atoms with Crippen LogP contribution in [0.2, 0.25) is 0 Å². The van der Waals surface area contributed by atoms with Crippen LogP contribution in [0.25, 0.3) is 0 Å². The Labute approximate surface area is 83.3 Å². The molecule has 1 aromatic rings. The second-order valence-corrected chi connectivity index (χ2v) is 3.75. The zero-order valence-corrected chi connectivity index (χ0v) is 8.09. The highest BCUT2D eigenvalue weighted by molar-refractivity contribution is 5.27. The summed E-state index contributed by atoms with van der Waals surface area (Å²) in [6.45, 7) is 1.43. The first kappa shape index (κ1) is 9.62. The maximum atomic E-state index is 13.2. The van der Waals surface area contributed by atoms with Gasteiger partial charge in [0.2, 0.25) is 0 Å². The van der Waals surface area contributed by atoms with Gasteiger partial charge in [-0.1, -0.05) is 6.07 Å². The van der Waals surface area contributed by atoms with Crippen LogP contribution < -0.4 is 11.1 Å². The fourth-order valence-electron chi connectivity index (χ4n) is 1.96. The molecule has 1 aliphatic heterocycles. The van der Waals surface area contributed by atoms with E-state index in [-0.39, 0.29) is 5.82 Å². The van der Waals surface area contributed by atoms with Gasteiger partial charge in [0.1, 0.15) is 5.82 Å². The molecule has 3 heteroatoms. The number of benzene rings is 1. The molecule has 1 aromatic carbocycles. The molecule has 1 unspecified atom stereocenters. The Kier molecular flexibility index (Phi) is 2.79. The predicted octanol–water partition coefficient (Wildman–Crippen LogP) is 1.71. The quantitative estimate of drug-likeness (QED) is 0.752. The van der Waals surface area contributed by atoms with E-state index in [1.807, 2.05) is 6.07 Å². The van der Waals surface area contributed by atoms with Crippen molar-refractivity contribution in [2.24, 2.45) is 5.73 Å². The molecule has 0 aliphatic carbocycles. The lowest BCUT2D eigenvalue weighted by Crippen LogP contribution is -2.13. The van der Waals surface area contributed by atoms with E-state index < -0.39 is 0 Å². The summed E-state index contributed by atoms with van der Waals surface area (Å²) < 4.78 is 13.2. The molecule has 3 N–H and O–H groups in total. The van der Waals surface area contributed by atoms with E-state index in [9.17, 15) is 4.39 Å². The lowest BCUT2D eigenvalue weighted by atomic mass is 10.0. The summed E-state index contributed by atoms with van der Waals surface area (Å²) in [4.78, 5) is 0. The third kappa shape index (κ3) is 1.94. The van der Waals surface area contributed by atoms with E-state index in [4.69, 9.17) is 5.73 Å². The van der Waals surface area contributed by atoms with Gasteiger partial charge in [-0.15, -0.1) is 0 Å². The molecular weight excluding hydrogens is 179 g/mol. The van der Waals surface area contributed by atoms with Crippen LogP contribution in [0.3, 0.4) is 0 Å². The van der Waals surface area contributed by atoms with E-state index in [1.54, 1.807) is 6.07 Å². The number of hydrogen-bond donors (Lipinski definition) is 2. The van der Waals surface area contributed by atoms with Crippen LogP contribution in [0.5, 0.6) is 0 Å². The number of rotatable bonds is 2. The molecule has 76 valence electrons. The minimum Gasteiger partial charge on any atom is -0.326 e. The molecular formula is C11H15FN2. The van der Waals surface area contributed by atoms with Crippen LogP contribution in [0, 0.1) is 5.82 Å². The first-order chi connectivity index (χ1) is 6.79. The Balaban J connectivity index is 2.27. The number of nitrogens with one attached hydrogen (secondary N) is 1. The average Bonchev–Trinajstić information content (AvgIpc) is 2.69. The molecule has 1 aliphatic rings. The monoisotopic (exact) mass is 194 g/mol. The molecule has 1 heterocycles. The van der Waals surface area contributed by atoms with E-state index >= 15 is 0 Å². The Morgan fingerprint density at radius 1 is 1.43 bits per heavy atom. The third-order valence-corrected chi connectivity index (χ3v) is 2.68. The zero-order chi connectivity index (χ0) is 9.97. The van der Waals surface area contributed by atoms with E-state index in [2.05, 4.69) is 5.32 Å². The van der Waals surface area contributed by atoms with Gasteiger partial charge in [-0.2, -0.15) is 0 Å². The molecule has 0 spiro atoms. The number of nitrogens with two attached hydrogens (primary N) is 1.